The van der Waals surface area contributed by atoms with Crippen LogP contribution in [0.3, 0.4) is 0 Å². The van der Waals surface area contributed by atoms with Crippen molar-refractivity contribution in [2.24, 2.45) is 5.92 Å². The van der Waals surface area contributed by atoms with E-state index >= 15 is 0 Å². The van der Waals surface area contributed by atoms with Crippen LogP contribution in [-0.4, -0.2) is 31.1 Å². The Morgan fingerprint density at radius 2 is 2.19 bits per heavy atom. The Morgan fingerprint density at radius 3 is 2.94 bits per heavy atom. The minimum absolute atomic E-state index is 0.0740. The first-order valence-electron chi connectivity index (χ1n) is 6.67. The van der Waals surface area contributed by atoms with Gasteiger partial charge in [-0.15, -0.1) is 0 Å². The average Bonchev–Trinajstić information content (AvgIpc) is 2.73. The topological polar surface area (TPSA) is 38.3 Å². The van der Waals surface area contributed by atoms with Crippen molar-refractivity contribution in [3.63, 3.8) is 0 Å². The molecule has 92 valence electrons. The maximum absolute atomic E-state index is 11.9. The summed E-state index contributed by atoms with van der Waals surface area (Å²) in [5.41, 5.74) is 0. The third-order valence-electron chi connectivity index (χ3n) is 3.84. The second-order valence-corrected chi connectivity index (χ2v) is 5.12. The van der Waals surface area contributed by atoms with E-state index in [1.165, 1.54) is 25.7 Å². The van der Waals surface area contributed by atoms with Crippen LogP contribution < -0.4 is 5.32 Å². The lowest BCUT2D eigenvalue weighted by Crippen LogP contribution is -2.38. The molecular formula is C13H23NO2. The molecule has 1 saturated heterocycles. The molecule has 3 unspecified atom stereocenters. The van der Waals surface area contributed by atoms with Crippen molar-refractivity contribution in [2.45, 2.75) is 57.5 Å². The van der Waals surface area contributed by atoms with E-state index in [9.17, 15) is 4.79 Å². The molecule has 0 spiro atoms. The van der Waals surface area contributed by atoms with Gasteiger partial charge < -0.3 is 10.1 Å². The van der Waals surface area contributed by atoms with E-state index in [-0.39, 0.29) is 11.8 Å². The molecule has 1 heterocycles. The molecule has 2 aliphatic rings. The Hall–Kier alpha value is -0.410. The number of ether oxygens (including phenoxy) is 1. The smallest absolute Gasteiger partial charge is 0.175 e. The van der Waals surface area contributed by atoms with E-state index in [2.05, 4.69) is 12.2 Å². The summed E-state index contributed by atoms with van der Waals surface area (Å²) in [6, 6.07) is 0.679. The molecule has 1 N–H and O–H groups in total. The molecule has 3 heteroatoms. The zero-order chi connectivity index (χ0) is 11.4. The predicted octanol–water partition coefficient (Wildman–Crippen LogP) is 1.90. The Balaban J connectivity index is 1.76. The van der Waals surface area contributed by atoms with Crippen LogP contribution in [0.15, 0.2) is 0 Å². The standard InChI is InChI=1S/C13H23NO2/c1-2-7-16-9-13(15)12-8-10-5-3-4-6-11(10)14-12/h10-12,14H,2-9H2,1H3. The van der Waals surface area contributed by atoms with E-state index in [0.29, 0.717) is 19.3 Å². The summed E-state index contributed by atoms with van der Waals surface area (Å²) in [6.07, 6.45) is 7.24. The minimum atomic E-state index is 0.0740. The molecule has 1 saturated carbocycles. The monoisotopic (exact) mass is 225 g/mol. The Labute approximate surface area is 97.9 Å². The van der Waals surface area contributed by atoms with Gasteiger partial charge in [0.1, 0.15) is 6.61 Å². The first-order chi connectivity index (χ1) is 7.81. The molecule has 3 nitrogen and oxygen atoms in total. The van der Waals surface area contributed by atoms with Gasteiger partial charge in [0.15, 0.2) is 5.78 Å². The summed E-state index contributed by atoms with van der Waals surface area (Å²) in [5.74, 6) is 0.997. The van der Waals surface area contributed by atoms with Crippen molar-refractivity contribution in [3.8, 4) is 0 Å². The lowest BCUT2D eigenvalue weighted by atomic mass is 9.85. The van der Waals surface area contributed by atoms with Crippen LogP contribution in [0, 0.1) is 5.92 Å². The van der Waals surface area contributed by atoms with Crippen LogP contribution in [0.2, 0.25) is 0 Å². The summed E-state index contributed by atoms with van der Waals surface area (Å²) in [7, 11) is 0. The molecule has 1 aliphatic carbocycles. The van der Waals surface area contributed by atoms with Gasteiger partial charge in [-0.25, -0.2) is 0 Å². The molecule has 0 radical (unpaired) electrons. The van der Waals surface area contributed by atoms with E-state index < -0.39 is 0 Å². The van der Waals surface area contributed by atoms with Crippen molar-refractivity contribution in [2.75, 3.05) is 13.2 Å². The molecule has 0 aromatic heterocycles. The number of rotatable bonds is 5. The normalized spacial score (nSPS) is 33.7. The Bertz CT molecular complexity index is 228. The highest BCUT2D eigenvalue weighted by atomic mass is 16.5. The summed E-state index contributed by atoms with van der Waals surface area (Å²) in [5, 5.41) is 3.49. The number of carbonyl (C=O) groups is 1. The fourth-order valence-corrected chi connectivity index (χ4v) is 2.98. The maximum Gasteiger partial charge on any atom is 0.175 e. The molecule has 2 fully saturated rings. The van der Waals surface area contributed by atoms with Crippen LogP contribution in [0.25, 0.3) is 0 Å². The van der Waals surface area contributed by atoms with Crippen LogP contribution in [0.5, 0.6) is 0 Å². The van der Waals surface area contributed by atoms with Crippen LogP contribution in [0.4, 0.5) is 0 Å². The fourth-order valence-electron chi connectivity index (χ4n) is 2.98. The fraction of sp³-hybridized carbons (Fsp3) is 0.923. The molecule has 0 aromatic carbocycles. The molecule has 0 aromatic rings. The molecule has 1 aliphatic heterocycles. The maximum atomic E-state index is 11.9. The van der Waals surface area contributed by atoms with E-state index in [4.69, 9.17) is 4.74 Å². The van der Waals surface area contributed by atoms with Gasteiger partial charge in [-0.1, -0.05) is 19.8 Å². The Morgan fingerprint density at radius 1 is 1.38 bits per heavy atom. The highest BCUT2D eigenvalue weighted by Crippen LogP contribution is 2.33. The van der Waals surface area contributed by atoms with Crippen LogP contribution in [-0.2, 0) is 9.53 Å². The van der Waals surface area contributed by atoms with Gasteiger partial charge in [0, 0.05) is 12.6 Å². The number of hydrogen-bond donors (Lipinski definition) is 1. The Kier molecular flexibility index (Phi) is 4.36. The lowest BCUT2D eigenvalue weighted by molar-refractivity contribution is -0.125. The number of carbonyl (C=O) groups excluding carboxylic acids is 1. The number of Topliss-reactive ketones (excluding diaryl/α,β-unsaturated/α-hetero) is 1. The largest absolute Gasteiger partial charge is 0.374 e. The number of nitrogens with one attached hydrogen (secondary N) is 1. The zero-order valence-corrected chi connectivity index (χ0v) is 10.2. The van der Waals surface area contributed by atoms with Crippen molar-refractivity contribution >= 4 is 5.78 Å². The van der Waals surface area contributed by atoms with E-state index in [1.807, 2.05) is 0 Å². The minimum Gasteiger partial charge on any atom is -0.374 e. The summed E-state index contributed by atoms with van der Waals surface area (Å²) >= 11 is 0. The second kappa shape index (κ2) is 5.78. The SMILES string of the molecule is CCCOCC(=O)C1CC2CCCCC2N1. The highest BCUT2D eigenvalue weighted by molar-refractivity contribution is 5.85. The van der Waals surface area contributed by atoms with Gasteiger partial charge in [-0.2, -0.15) is 0 Å². The van der Waals surface area contributed by atoms with Gasteiger partial charge in [0.2, 0.25) is 0 Å². The van der Waals surface area contributed by atoms with Crippen molar-refractivity contribution < 1.29 is 9.53 Å². The zero-order valence-electron chi connectivity index (χ0n) is 10.2. The molecule has 3 atom stereocenters. The molecule has 0 bridgehead atoms. The molecule has 0 amide bonds. The third-order valence-corrected chi connectivity index (χ3v) is 3.84. The third kappa shape index (κ3) is 2.83. The second-order valence-electron chi connectivity index (χ2n) is 5.12. The van der Waals surface area contributed by atoms with Crippen molar-refractivity contribution in [1.29, 1.82) is 0 Å². The van der Waals surface area contributed by atoms with Crippen LogP contribution >= 0.6 is 0 Å². The van der Waals surface area contributed by atoms with Gasteiger partial charge >= 0.3 is 0 Å². The van der Waals surface area contributed by atoms with Crippen molar-refractivity contribution in [1.82, 2.24) is 5.32 Å². The highest BCUT2D eigenvalue weighted by Gasteiger charge is 2.37. The number of fused-ring (bicyclic) bond motifs is 1. The molecular weight excluding hydrogens is 202 g/mol. The van der Waals surface area contributed by atoms with E-state index in [1.54, 1.807) is 0 Å². The number of ketones is 1. The van der Waals surface area contributed by atoms with Gasteiger partial charge in [-0.3, -0.25) is 4.79 Å². The molecule has 16 heavy (non-hydrogen) atoms. The van der Waals surface area contributed by atoms with Gasteiger partial charge in [0.25, 0.3) is 0 Å². The summed E-state index contributed by atoms with van der Waals surface area (Å²) < 4.78 is 5.32. The number of hydrogen-bond acceptors (Lipinski definition) is 3. The summed E-state index contributed by atoms with van der Waals surface area (Å²) in [6.45, 7) is 3.06. The van der Waals surface area contributed by atoms with Crippen LogP contribution in [0.1, 0.15) is 45.4 Å². The average molecular weight is 225 g/mol. The van der Waals surface area contributed by atoms with Gasteiger partial charge in [0.05, 0.1) is 6.04 Å². The quantitative estimate of drug-likeness (QED) is 0.726. The summed E-state index contributed by atoms with van der Waals surface area (Å²) in [4.78, 5) is 11.9. The first kappa shape index (κ1) is 12.1. The van der Waals surface area contributed by atoms with Gasteiger partial charge in [-0.05, 0) is 31.6 Å². The molecule has 2 rings (SSSR count). The first-order valence-corrected chi connectivity index (χ1v) is 6.67. The van der Waals surface area contributed by atoms with E-state index in [0.717, 1.165) is 18.8 Å². The van der Waals surface area contributed by atoms with Crippen molar-refractivity contribution in [3.05, 3.63) is 0 Å². The lowest BCUT2D eigenvalue weighted by Gasteiger charge is -2.24. The predicted molar refractivity (Wildman–Crippen MR) is 63.4 cm³/mol.